The van der Waals surface area contributed by atoms with E-state index in [9.17, 15) is 10.2 Å². The van der Waals surface area contributed by atoms with E-state index < -0.39 is 0 Å². The molecule has 38 heavy (non-hydrogen) atoms. The largest absolute Gasteiger partial charge is 0.491 e. The molecular weight excluding hydrogens is 472 g/mol. The van der Waals surface area contributed by atoms with Crippen LogP contribution in [0, 0.1) is 35.5 Å². The number of aliphatic hydroxyl groups is 2. The zero-order valence-electron chi connectivity index (χ0n) is 22.8. The molecule has 8 bridgehead atoms. The van der Waals surface area contributed by atoms with Crippen LogP contribution in [0.5, 0.6) is 11.5 Å². The number of hydrogen-bond acceptors (Lipinski definition) is 4. The highest BCUT2D eigenvalue weighted by molar-refractivity contribution is 5.97. The van der Waals surface area contributed by atoms with Crippen LogP contribution in [0.4, 0.5) is 0 Å². The summed E-state index contributed by atoms with van der Waals surface area (Å²) in [5, 5.41) is 21.6. The SMILES string of the molecule is OCCOc1ccc(OCCO)c2c(C34CC5CC(CC(C5)C3)C4)cc(C34CC5CC(CC(C5)C3)C4)cc12. The van der Waals surface area contributed by atoms with Crippen molar-refractivity contribution in [1.82, 2.24) is 0 Å². The third-order valence-electron chi connectivity index (χ3n) is 12.0. The van der Waals surface area contributed by atoms with Crippen molar-refractivity contribution in [3.05, 3.63) is 35.4 Å². The Morgan fingerprint density at radius 3 is 1.55 bits per heavy atom. The molecule has 0 spiro atoms. The molecule has 8 aliphatic rings. The summed E-state index contributed by atoms with van der Waals surface area (Å²) >= 11 is 0. The van der Waals surface area contributed by atoms with Crippen molar-refractivity contribution in [2.24, 2.45) is 35.5 Å². The highest BCUT2D eigenvalue weighted by Gasteiger charge is 2.54. The standard InChI is InChI=1S/C34H44O4/c35-3-5-37-30-1-2-31(38-6-4-36)32-28(30)13-27(33-15-21-7-22(16-33)9-23(8-21)17-33)14-29(32)34-18-24-10-25(19-34)12-26(11-24)20-34/h1-2,13-14,21-26,35-36H,3-12,15-20H2. The molecular formula is C34H44O4. The van der Waals surface area contributed by atoms with Gasteiger partial charge in [0.15, 0.2) is 0 Å². The fraction of sp³-hybridized carbons (Fsp3) is 0.706. The van der Waals surface area contributed by atoms with Gasteiger partial charge in [0.25, 0.3) is 0 Å². The Morgan fingerprint density at radius 2 is 1.05 bits per heavy atom. The zero-order chi connectivity index (χ0) is 25.5. The molecule has 0 aromatic heterocycles. The summed E-state index contributed by atoms with van der Waals surface area (Å²) in [4.78, 5) is 0. The third-order valence-corrected chi connectivity index (χ3v) is 12.0. The summed E-state index contributed by atoms with van der Waals surface area (Å²) in [6, 6.07) is 9.26. The molecule has 2 aromatic rings. The van der Waals surface area contributed by atoms with Crippen LogP contribution in [-0.2, 0) is 10.8 Å². The summed E-state index contributed by atoms with van der Waals surface area (Å²) in [6.07, 6.45) is 16.7. The Labute approximate surface area is 227 Å². The van der Waals surface area contributed by atoms with E-state index in [1.165, 1.54) is 93.4 Å². The van der Waals surface area contributed by atoms with Gasteiger partial charge in [0.2, 0.25) is 0 Å². The molecule has 2 aromatic carbocycles. The maximum atomic E-state index is 9.63. The minimum absolute atomic E-state index is 0.0146. The first-order valence-electron chi connectivity index (χ1n) is 15.7. The maximum absolute atomic E-state index is 9.63. The first-order chi connectivity index (χ1) is 18.6. The van der Waals surface area contributed by atoms with E-state index in [2.05, 4.69) is 18.2 Å². The van der Waals surface area contributed by atoms with Crippen LogP contribution in [0.15, 0.2) is 24.3 Å². The van der Waals surface area contributed by atoms with E-state index in [0.29, 0.717) is 18.6 Å². The maximum Gasteiger partial charge on any atom is 0.127 e. The summed E-state index contributed by atoms with van der Waals surface area (Å²) in [5.74, 6) is 7.11. The minimum atomic E-state index is 0.0146. The monoisotopic (exact) mass is 516 g/mol. The first kappa shape index (κ1) is 24.1. The average molecular weight is 517 g/mol. The van der Waals surface area contributed by atoms with Crippen LogP contribution < -0.4 is 9.47 Å². The number of fused-ring (bicyclic) bond motifs is 1. The van der Waals surface area contributed by atoms with Crippen molar-refractivity contribution in [1.29, 1.82) is 0 Å². The Morgan fingerprint density at radius 1 is 0.605 bits per heavy atom. The van der Waals surface area contributed by atoms with E-state index >= 15 is 0 Å². The second-order valence-electron chi connectivity index (χ2n) is 14.5. The van der Waals surface area contributed by atoms with E-state index in [1.54, 1.807) is 5.56 Å². The van der Waals surface area contributed by atoms with Gasteiger partial charge in [-0.3, -0.25) is 0 Å². The fourth-order valence-corrected chi connectivity index (χ4v) is 11.6. The van der Waals surface area contributed by atoms with Crippen molar-refractivity contribution in [2.45, 2.75) is 87.9 Å². The molecule has 0 heterocycles. The van der Waals surface area contributed by atoms with Gasteiger partial charge in [0.1, 0.15) is 24.7 Å². The van der Waals surface area contributed by atoms with Gasteiger partial charge in [-0.25, -0.2) is 0 Å². The Balaban J connectivity index is 1.35. The summed E-state index contributed by atoms with van der Waals surface area (Å²) in [5.41, 5.74) is 3.65. The lowest BCUT2D eigenvalue weighted by atomic mass is 9.46. The second-order valence-corrected chi connectivity index (χ2v) is 14.5. The van der Waals surface area contributed by atoms with E-state index in [4.69, 9.17) is 9.47 Å². The summed E-state index contributed by atoms with van der Waals surface area (Å²) in [7, 11) is 0. The number of aliphatic hydroxyl groups excluding tert-OH is 2. The molecule has 2 N–H and O–H groups in total. The van der Waals surface area contributed by atoms with Gasteiger partial charge in [-0.15, -0.1) is 0 Å². The molecule has 0 amide bonds. The quantitative estimate of drug-likeness (QED) is 0.420. The summed E-state index contributed by atoms with van der Waals surface area (Å²) < 4.78 is 12.5. The second kappa shape index (κ2) is 8.86. The van der Waals surface area contributed by atoms with E-state index in [-0.39, 0.29) is 18.6 Å². The molecule has 0 aliphatic heterocycles. The van der Waals surface area contributed by atoms with Crippen LogP contribution in [0.2, 0.25) is 0 Å². The lowest BCUT2D eigenvalue weighted by molar-refractivity contribution is -0.00791. The highest BCUT2D eigenvalue weighted by Crippen LogP contribution is 2.65. The zero-order valence-corrected chi connectivity index (χ0v) is 22.8. The van der Waals surface area contributed by atoms with Crippen molar-refractivity contribution in [3.8, 4) is 11.5 Å². The number of hydrogen-bond donors (Lipinski definition) is 2. The molecule has 8 aliphatic carbocycles. The van der Waals surface area contributed by atoms with E-state index in [0.717, 1.165) is 47.0 Å². The molecule has 8 fully saturated rings. The third kappa shape index (κ3) is 3.69. The smallest absolute Gasteiger partial charge is 0.127 e. The molecule has 8 saturated carbocycles. The average Bonchev–Trinajstić information content (AvgIpc) is 2.89. The Kier molecular flexibility index (Phi) is 5.61. The predicted octanol–water partition coefficient (Wildman–Crippen LogP) is 6.52. The van der Waals surface area contributed by atoms with Gasteiger partial charge >= 0.3 is 0 Å². The highest BCUT2D eigenvalue weighted by atomic mass is 16.5. The lowest BCUT2D eigenvalue weighted by Gasteiger charge is -2.59. The number of benzene rings is 2. The number of rotatable bonds is 8. The van der Waals surface area contributed by atoms with Crippen LogP contribution in [0.1, 0.15) is 88.2 Å². The van der Waals surface area contributed by atoms with Gasteiger partial charge in [0, 0.05) is 10.8 Å². The van der Waals surface area contributed by atoms with Crippen molar-refractivity contribution < 1.29 is 19.7 Å². The summed E-state index contributed by atoms with van der Waals surface area (Å²) in [6.45, 7) is 0.645. The first-order valence-corrected chi connectivity index (χ1v) is 15.7. The molecule has 0 atom stereocenters. The van der Waals surface area contributed by atoms with Gasteiger partial charge in [-0.2, -0.15) is 0 Å². The van der Waals surface area contributed by atoms with Gasteiger partial charge < -0.3 is 19.7 Å². The van der Waals surface area contributed by atoms with Gasteiger partial charge in [-0.1, -0.05) is 6.07 Å². The molecule has 0 radical (unpaired) electrons. The number of ether oxygens (including phenoxy) is 2. The van der Waals surface area contributed by atoms with Crippen LogP contribution in [0.3, 0.4) is 0 Å². The minimum Gasteiger partial charge on any atom is -0.491 e. The van der Waals surface area contributed by atoms with Crippen molar-refractivity contribution >= 4 is 10.8 Å². The van der Waals surface area contributed by atoms with Crippen LogP contribution in [0.25, 0.3) is 10.8 Å². The predicted molar refractivity (Wildman–Crippen MR) is 149 cm³/mol. The Bertz CT molecular complexity index is 1160. The van der Waals surface area contributed by atoms with Crippen LogP contribution in [-0.4, -0.2) is 36.6 Å². The van der Waals surface area contributed by atoms with Crippen LogP contribution >= 0.6 is 0 Å². The van der Waals surface area contributed by atoms with E-state index in [1.807, 2.05) is 6.07 Å². The molecule has 4 nitrogen and oxygen atoms in total. The van der Waals surface area contributed by atoms with Gasteiger partial charge in [0.05, 0.1) is 13.2 Å². The van der Waals surface area contributed by atoms with Gasteiger partial charge in [-0.05, 0) is 153 Å². The molecule has 4 heteroatoms. The molecule has 0 saturated heterocycles. The normalized spacial score (nSPS) is 40.3. The molecule has 10 rings (SSSR count). The fourth-order valence-electron chi connectivity index (χ4n) is 11.6. The van der Waals surface area contributed by atoms with Crippen molar-refractivity contribution in [2.75, 3.05) is 26.4 Å². The topological polar surface area (TPSA) is 58.9 Å². The Hall–Kier alpha value is -1.78. The van der Waals surface area contributed by atoms with Crippen molar-refractivity contribution in [3.63, 3.8) is 0 Å². The molecule has 204 valence electrons. The lowest BCUT2D eigenvalue weighted by Crippen LogP contribution is -2.50. The molecule has 0 unspecified atom stereocenters.